The molecule has 8 heteroatoms. The van der Waals surface area contributed by atoms with E-state index in [4.69, 9.17) is 11.6 Å². The van der Waals surface area contributed by atoms with E-state index in [0.717, 1.165) is 36.7 Å². The van der Waals surface area contributed by atoms with Crippen molar-refractivity contribution in [2.45, 2.75) is 44.7 Å². The molecule has 0 fully saturated rings. The van der Waals surface area contributed by atoms with Crippen molar-refractivity contribution in [3.63, 3.8) is 0 Å². The lowest BCUT2D eigenvalue weighted by atomic mass is 9.84. The Morgan fingerprint density at radius 1 is 1.46 bits per heavy atom. The van der Waals surface area contributed by atoms with Gasteiger partial charge in [0, 0.05) is 36.5 Å². The highest BCUT2D eigenvalue weighted by Crippen LogP contribution is 2.29. The van der Waals surface area contributed by atoms with Crippen LogP contribution in [0.5, 0.6) is 0 Å². The van der Waals surface area contributed by atoms with E-state index >= 15 is 0 Å². The highest BCUT2D eigenvalue weighted by atomic mass is 35.5. The van der Waals surface area contributed by atoms with Gasteiger partial charge in [0.25, 0.3) is 0 Å². The molecule has 1 aliphatic rings. The number of aromatic nitrogens is 3. The largest absolute Gasteiger partial charge is 0.356 e. The molecule has 0 radical (unpaired) electrons. The first-order valence-electron chi connectivity index (χ1n) is 8.68. The predicted molar refractivity (Wildman–Crippen MR) is 101 cm³/mol. The van der Waals surface area contributed by atoms with Crippen LogP contribution in [0.25, 0.3) is 0 Å². The molecular weight excluding hydrogens is 355 g/mol. The van der Waals surface area contributed by atoms with Gasteiger partial charge in [0.1, 0.15) is 18.0 Å². The van der Waals surface area contributed by atoms with Gasteiger partial charge < -0.3 is 10.6 Å². The smallest absolute Gasteiger partial charge is 0.191 e. The monoisotopic (exact) mass is 378 g/mol. The summed E-state index contributed by atoms with van der Waals surface area (Å²) in [5.74, 6) is 1.42. The Morgan fingerprint density at radius 3 is 3.00 bits per heavy atom. The molecule has 0 aliphatic carbocycles. The zero-order chi connectivity index (χ0) is 18.7. The molecule has 3 rings (SSSR count). The zero-order valence-electron chi connectivity index (χ0n) is 15.3. The fourth-order valence-corrected chi connectivity index (χ4v) is 3.60. The van der Waals surface area contributed by atoms with Crippen LogP contribution < -0.4 is 10.6 Å². The highest BCUT2D eigenvalue weighted by molar-refractivity contribution is 6.31. The first kappa shape index (κ1) is 18.6. The van der Waals surface area contributed by atoms with Gasteiger partial charge in [-0.25, -0.2) is 14.1 Å². The van der Waals surface area contributed by atoms with Crippen molar-refractivity contribution in [1.82, 2.24) is 25.4 Å². The molecule has 1 atom stereocenters. The summed E-state index contributed by atoms with van der Waals surface area (Å²) in [5, 5.41) is 11.5. The average Bonchev–Trinajstić information content (AvgIpc) is 3.06. The minimum Gasteiger partial charge on any atom is -0.356 e. The lowest BCUT2D eigenvalue weighted by molar-refractivity contribution is 0.391. The molecule has 0 saturated carbocycles. The molecule has 0 saturated heterocycles. The summed E-state index contributed by atoms with van der Waals surface area (Å²) in [5.41, 5.74) is 0.613. The van der Waals surface area contributed by atoms with E-state index in [1.807, 2.05) is 4.68 Å². The molecule has 0 bridgehead atoms. The molecule has 2 aromatic rings. The Labute approximate surface area is 157 Å². The van der Waals surface area contributed by atoms with Crippen molar-refractivity contribution in [2.24, 2.45) is 4.99 Å². The molecule has 2 N–H and O–H groups in total. The van der Waals surface area contributed by atoms with Crippen LogP contribution in [0.3, 0.4) is 0 Å². The van der Waals surface area contributed by atoms with Crippen molar-refractivity contribution in [1.29, 1.82) is 0 Å². The van der Waals surface area contributed by atoms with Crippen LogP contribution in [0, 0.1) is 5.82 Å². The fourth-order valence-electron chi connectivity index (χ4n) is 3.18. The number of aliphatic imine (C=N–C) groups is 1. The summed E-state index contributed by atoms with van der Waals surface area (Å²) in [4.78, 5) is 8.56. The van der Waals surface area contributed by atoms with Crippen LogP contribution in [0.2, 0.25) is 5.02 Å². The summed E-state index contributed by atoms with van der Waals surface area (Å²) >= 11 is 6.23. The summed E-state index contributed by atoms with van der Waals surface area (Å²) in [6.07, 6.45) is 3.47. The number of hydrogen-bond donors (Lipinski definition) is 2. The number of nitrogens with zero attached hydrogens (tertiary/aromatic N) is 4. The van der Waals surface area contributed by atoms with Crippen molar-refractivity contribution in [2.75, 3.05) is 13.6 Å². The molecule has 1 aromatic carbocycles. The number of halogens is 2. The standard InChI is InChI=1S/C18H24ClFN6/c1-18(2,14-6-4-12(20)8-15(14)19)10-22-17(21-3)25-13-5-7-16-23-11-24-26(16)9-13/h4,6,8,11,13H,5,7,9-10H2,1-3H3,(H2,21,22,25). The maximum atomic E-state index is 13.3. The predicted octanol–water partition coefficient (Wildman–Crippen LogP) is 2.53. The first-order chi connectivity index (χ1) is 12.4. The molecule has 1 unspecified atom stereocenters. The van der Waals surface area contributed by atoms with E-state index in [1.54, 1.807) is 19.4 Å². The third-order valence-electron chi connectivity index (χ3n) is 4.73. The van der Waals surface area contributed by atoms with Gasteiger partial charge in [-0.2, -0.15) is 5.10 Å². The molecule has 2 heterocycles. The third kappa shape index (κ3) is 4.15. The molecule has 140 valence electrons. The van der Waals surface area contributed by atoms with Crippen molar-refractivity contribution in [3.05, 3.63) is 46.8 Å². The third-order valence-corrected chi connectivity index (χ3v) is 5.04. The fraction of sp³-hybridized carbons (Fsp3) is 0.500. The minimum atomic E-state index is -0.329. The Morgan fingerprint density at radius 2 is 2.27 bits per heavy atom. The molecule has 1 aromatic heterocycles. The summed E-state index contributed by atoms with van der Waals surface area (Å²) in [6, 6.07) is 4.77. The first-order valence-corrected chi connectivity index (χ1v) is 9.06. The summed E-state index contributed by atoms with van der Waals surface area (Å²) in [7, 11) is 1.75. The van der Waals surface area contributed by atoms with Gasteiger partial charge in [-0.3, -0.25) is 4.99 Å². The lowest BCUT2D eigenvalue weighted by Gasteiger charge is -2.30. The highest BCUT2D eigenvalue weighted by Gasteiger charge is 2.25. The number of aryl methyl sites for hydroxylation is 1. The van der Waals surface area contributed by atoms with Gasteiger partial charge in [-0.05, 0) is 24.1 Å². The van der Waals surface area contributed by atoms with Gasteiger partial charge in [0.2, 0.25) is 0 Å². The van der Waals surface area contributed by atoms with Gasteiger partial charge in [0.05, 0.1) is 6.54 Å². The van der Waals surface area contributed by atoms with Gasteiger partial charge in [0.15, 0.2) is 5.96 Å². The maximum Gasteiger partial charge on any atom is 0.191 e. The maximum absolute atomic E-state index is 13.3. The van der Waals surface area contributed by atoms with E-state index in [1.165, 1.54) is 12.1 Å². The van der Waals surface area contributed by atoms with E-state index in [0.29, 0.717) is 11.6 Å². The molecule has 26 heavy (non-hydrogen) atoms. The van der Waals surface area contributed by atoms with Gasteiger partial charge in [-0.15, -0.1) is 0 Å². The normalized spacial score (nSPS) is 17.7. The zero-order valence-corrected chi connectivity index (χ0v) is 16.0. The Hall–Kier alpha value is -2.15. The van der Waals surface area contributed by atoms with Crippen LogP contribution in [-0.4, -0.2) is 40.4 Å². The Balaban J connectivity index is 1.60. The Kier molecular flexibility index (Phi) is 5.46. The van der Waals surface area contributed by atoms with Crippen molar-refractivity contribution < 1.29 is 4.39 Å². The van der Waals surface area contributed by atoms with Gasteiger partial charge >= 0.3 is 0 Å². The van der Waals surface area contributed by atoms with Crippen LogP contribution >= 0.6 is 11.6 Å². The van der Waals surface area contributed by atoms with E-state index in [2.05, 4.69) is 39.6 Å². The quantitative estimate of drug-likeness (QED) is 0.633. The molecule has 0 amide bonds. The molecule has 0 spiro atoms. The number of hydrogen-bond acceptors (Lipinski definition) is 3. The van der Waals surface area contributed by atoms with Crippen LogP contribution in [0.1, 0.15) is 31.7 Å². The minimum absolute atomic E-state index is 0.243. The van der Waals surface area contributed by atoms with Crippen LogP contribution in [-0.2, 0) is 18.4 Å². The number of fused-ring (bicyclic) bond motifs is 1. The molecule has 6 nitrogen and oxygen atoms in total. The second-order valence-corrected chi connectivity index (χ2v) is 7.58. The topological polar surface area (TPSA) is 67.1 Å². The number of rotatable bonds is 4. The van der Waals surface area contributed by atoms with E-state index in [-0.39, 0.29) is 17.3 Å². The molecular formula is C18H24ClFN6. The van der Waals surface area contributed by atoms with Crippen molar-refractivity contribution in [3.8, 4) is 0 Å². The SMILES string of the molecule is CN=C(NCC(C)(C)c1ccc(F)cc1Cl)NC1CCc2ncnn2C1. The van der Waals surface area contributed by atoms with Gasteiger partial charge in [-0.1, -0.05) is 31.5 Å². The second kappa shape index (κ2) is 7.61. The average molecular weight is 379 g/mol. The van der Waals surface area contributed by atoms with E-state index in [9.17, 15) is 4.39 Å². The second-order valence-electron chi connectivity index (χ2n) is 7.17. The van der Waals surface area contributed by atoms with Crippen molar-refractivity contribution >= 4 is 17.6 Å². The Bertz CT molecular complexity index is 801. The van der Waals surface area contributed by atoms with E-state index < -0.39 is 0 Å². The van der Waals surface area contributed by atoms with Crippen LogP contribution in [0.15, 0.2) is 29.5 Å². The lowest BCUT2D eigenvalue weighted by Crippen LogP contribution is -2.49. The summed E-state index contributed by atoms with van der Waals surface area (Å²) in [6.45, 7) is 5.51. The molecule has 1 aliphatic heterocycles. The summed E-state index contributed by atoms with van der Waals surface area (Å²) < 4.78 is 15.2. The number of guanidine groups is 1. The van der Waals surface area contributed by atoms with Crippen LogP contribution in [0.4, 0.5) is 4.39 Å². The number of benzene rings is 1. The number of nitrogens with one attached hydrogen (secondary N) is 2.